The van der Waals surface area contributed by atoms with Crippen molar-refractivity contribution in [3.05, 3.63) is 174 Å². The number of hydrogen-bond donors (Lipinski definition) is 9. The minimum absolute atomic E-state index is 0.0385. The number of rotatable bonds is 17. The number of unbranched alkanes of at least 4 members (excludes halogenated alkanes) is 1. The Kier molecular flexibility index (Phi) is 19.0. The summed E-state index contributed by atoms with van der Waals surface area (Å²) in [4.78, 5) is 107. The fraction of sp³-hybridized carbons (Fsp3) is 0.328. The monoisotopic (exact) mass is 1050 g/mol. The molecule has 2 saturated heterocycles. The SMILES string of the molecule is NCCCC[C@@H]1NC(=O)C(Cc2c[nH]c3ccccc23)NC(=O)[C@H](c2ccccc2)NC(=O)[C@@H]2C[C@H](OC(=O)NCCN)CN2C(=O)[C@H](Cc2ccccc2)NC(=O)[C@H](Cc2ccc(OCc3ccccc3)cc2)NC1=O. The zero-order valence-corrected chi connectivity index (χ0v) is 42.7. The first kappa shape index (κ1) is 54.7. The van der Waals surface area contributed by atoms with Gasteiger partial charge >= 0.3 is 6.09 Å². The van der Waals surface area contributed by atoms with Crippen LogP contribution in [0.25, 0.3) is 10.9 Å². The van der Waals surface area contributed by atoms with Gasteiger partial charge in [0.15, 0.2) is 0 Å². The maximum absolute atomic E-state index is 15.3. The minimum atomic E-state index is -1.42. The van der Waals surface area contributed by atoms with Crippen LogP contribution in [0.2, 0.25) is 0 Å². The summed E-state index contributed by atoms with van der Waals surface area (Å²) in [5.74, 6) is -3.76. The number of alkyl carbamates (subject to hydrolysis) is 1. The van der Waals surface area contributed by atoms with Crippen molar-refractivity contribution in [3.8, 4) is 5.75 Å². The molecule has 0 bridgehead atoms. The number of carbonyl (C=O) groups is 7. The predicted octanol–water partition coefficient (Wildman–Crippen LogP) is 3.37. The lowest BCUT2D eigenvalue weighted by Crippen LogP contribution is -2.61. The van der Waals surface area contributed by atoms with Crippen LogP contribution in [0.15, 0.2) is 146 Å². The normalized spacial score (nSPS) is 21.6. The van der Waals surface area contributed by atoms with E-state index in [1.807, 2.05) is 60.7 Å². The first-order valence-electron chi connectivity index (χ1n) is 26.0. The fourth-order valence-electron chi connectivity index (χ4n) is 9.65. The lowest BCUT2D eigenvalue weighted by atomic mass is 9.99. The van der Waals surface area contributed by atoms with E-state index >= 15 is 9.59 Å². The van der Waals surface area contributed by atoms with E-state index in [-0.39, 0.29) is 51.7 Å². The van der Waals surface area contributed by atoms with E-state index in [4.69, 9.17) is 20.9 Å². The minimum Gasteiger partial charge on any atom is -0.489 e. The topological polar surface area (TPSA) is 281 Å². The summed E-state index contributed by atoms with van der Waals surface area (Å²) in [7, 11) is 0. The molecule has 2 fully saturated rings. The van der Waals surface area contributed by atoms with Crippen LogP contribution >= 0.6 is 0 Å². The van der Waals surface area contributed by atoms with Crippen molar-refractivity contribution in [3.63, 3.8) is 0 Å². The van der Waals surface area contributed by atoms with Crippen LogP contribution in [0.3, 0.4) is 0 Å². The fourth-order valence-corrected chi connectivity index (χ4v) is 9.65. The molecule has 0 radical (unpaired) electrons. The van der Waals surface area contributed by atoms with E-state index in [2.05, 4.69) is 36.9 Å². The number of aromatic amines is 1. The average Bonchev–Trinajstić information content (AvgIpc) is 4.08. The molecule has 19 heteroatoms. The molecule has 1 aromatic heterocycles. The van der Waals surface area contributed by atoms with Gasteiger partial charge < -0.3 is 62.7 Å². The summed E-state index contributed by atoms with van der Waals surface area (Å²) in [6.07, 6.45) is 0.652. The van der Waals surface area contributed by atoms with Crippen LogP contribution in [0.1, 0.15) is 59.5 Å². The second-order valence-corrected chi connectivity index (χ2v) is 19.2. The zero-order chi connectivity index (χ0) is 54.1. The summed E-state index contributed by atoms with van der Waals surface area (Å²) >= 11 is 0. The molecule has 0 aliphatic carbocycles. The number of ether oxygens (including phenoxy) is 2. The Morgan fingerprint density at radius 1 is 0.584 bits per heavy atom. The first-order valence-corrected chi connectivity index (χ1v) is 26.0. The quantitative estimate of drug-likeness (QED) is 0.0598. The lowest BCUT2D eigenvalue weighted by Gasteiger charge is -2.32. The molecule has 3 heterocycles. The molecule has 0 saturated carbocycles. The Hall–Kier alpha value is -8.55. The van der Waals surface area contributed by atoms with Gasteiger partial charge in [-0.2, -0.15) is 0 Å². The molecule has 8 rings (SSSR count). The molecule has 5 aromatic carbocycles. The number of fused-ring (bicyclic) bond motifs is 2. The number of carbonyl (C=O) groups excluding carboxylic acids is 7. The molecule has 11 N–H and O–H groups in total. The Morgan fingerprint density at radius 3 is 1.87 bits per heavy atom. The van der Waals surface area contributed by atoms with Gasteiger partial charge in [-0.15, -0.1) is 0 Å². The second-order valence-electron chi connectivity index (χ2n) is 19.2. The van der Waals surface area contributed by atoms with Crippen molar-refractivity contribution in [1.29, 1.82) is 0 Å². The predicted molar refractivity (Wildman–Crippen MR) is 288 cm³/mol. The number of hydrogen-bond acceptors (Lipinski definition) is 11. The van der Waals surface area contributed by atoms with Crippen molar-refractivity contribution < 1.29 is 43.0 Å². The zero-order valence-electron chi connectivity index (χ0n) is 42.7. The standard InChI is InChI=1S/C58H66N10O9/c59-27-13-12-22-46-52(69)64-47(30-38-23-25-42(26-24-38)76-36-39-16-6-2-7-17-39)53(70)66-49(31-37-14-4-1-5-15-37)57(74)68-35-43(77-58(75)61-29-28-60)33-50(68)55(72)67-51(40-18-8-3-9-19-40)56(73)65-48(54(71)63-46)32-41-34-62-45-21-11-10-20-44(41)45/h1-11,14-21,23-26,34,43,46-51,62H,12-13,22,27-33,35-36,59-60H2,(H,61,75)(H,63,71)(H,64,69)(H,65,73)(H,66,70)(H,67,72)/t43-,46-,47-,48?,49-,50-,51-/m0/s1. The third kappa shape index (κ3) is 14.9. The van der Waals surface area contributed by atoms with E-state index in [9.17, 15) is 24.0 Å². The molecule has 0 spiro atoms. The van der Waals surface area contributed by atoms with E-state index in [1.54, 1.807) is 85.1 Å². The number of nitrogens with zero attached hydrogens (tertiary/aromatic N) is 1. The molecule has 402 valence electrons. The van der Waals surface area contributed by atoms with Crippen molar-refractivity contribution in [2.45, 2.75) is 93.9 Å². The highest BCUT2D eigenvalue weighted by molar-refractivity contribution is 5.99. The highest BCUT2D eigenvalue weighted by Gasteiger charge is 2.45. The second kappa shape index (κ2) is 26.8. The molecule has 77 heavy (non-hydrogen) atoms. The number of benzene rings is 5. The Morgan fingerprint density at radius 2 is 1.17 bits per heavy atom. The van der Waals surface area contributed by atoms with Crippen LogP contribution in [0.4, 0.5) is 4.79 Å². The summed E-state index contributed by atoms with van der Waals surface area (Å²) < 4.78 is 11.8. The van der Waals surface area contributed by atoms with Gasteiger partial charge in [-0.25, -0.2) is 4.79 Å². The summed E-state index contributed by atoms with van der Waals surface area (Å²) in [5.41, 5.74) is 15.7. The Balaban J connectivity index is 1.19. The highest BCUT2D eigenvalue weighted by Crippen LogP contribution is 2.26. The van der Waals surface area contributed by atoms with Gasteiger partial charge in [-0.3, -0.25) is 28.8 Å². The van der Waals surface area contributed by atoms with Crippen LogP contribution < -0.4 is 48.1 Å². The third-order valence-electron chi connectivity index (χ3n) is 13.7. The molecule has 7 amide bonds. The number of aromatic nitrogens is 1. The van der Waals surface area contributed by atoms with Gasteiger partial charge in [0, 0.05) is 55.9 Å². The molecular formula is C58H66N10O9. The van der Waals surface area contributed by atoms with Crippen molar-refractivity contribution >= 4 is 52.4 Å². The molecule has 2 aliphatic rings. The van der Waals surface area contributed by atoms with Gasteiger partial charge in [0.05, 0.1) is 6.54 Å². The Labute approximate surface area is 446 Å². The van der Waals surface area contributed by atoms with E-state index in [0.717, 1.165) is 16.5 Å². The van der Waals surface area contributed by atoms with Crippen LogP contribution in [-0.2, 0) is 59.4 Å². The summed E-state index contributed by atoms with van der Waals surface area (Å²) in [6, 6.07) is 33.6. The number of nitrogens with two attached hydrogens (primary N) is 2. The molecule has 7 atom stereocenters. The van der Waals surface area contributed by atoms with E-state index in [0.29, 0.717) is 54.0 Å². The molecule has 6 aromatic rings. The van der Waals surface area contributed by atoms with E-state index in [1.165, 1.54) is 4.90 Å². The maximum Gasteiger partial charge on any atom is 0.407 e. The summed E-state index contributed by atoms with van der Waals surface area (Å²) in [6.45, 7) is 0.617. The van der Waals surface area contributed by atoms with Crippen molar-refractivity contribution in [2.24, 2.45) is 11.5 Å². The number of H-pyrrole nitrogens is 1. The lowest BCUT2D eigenvalue weighted by molar-refractivity contribution is -0.143. The van der Waals surface area contributed by atoms with Gasteiger partial charge in [0.25, 0.3) is 0 Å². The first-order chi connectivity index (χ1) is 37.5. The number of nitrogens with one attached hydrogen (secondary N) is 7. The summed E-state index contributed by atoms with van der Waals surface area (Å²) in [5, 5.41) is 17.9. The van der Waals surface area contributed by atoms with Crippen LogP contribution in [0.5, 0.6) is 5.75 Å². The van der Waals surface area contributed by atoms with Crippen LogP contribution in [0, 0.1) is 0 Å². The van der Waals surface area contributed by atoms with Gasteiger partial charge in [0.1, 0.15) is 54.7 Å². The number of para-hydroxylation sites is 1. The van der Waals surface area contributed by atoms with Gasteiger partial charge in [-0.1, -0.05) is 121 Å². The maximum atomic E-state index is 15.3. The molecule has 2 aliphatic heterocycles. The van der Waals surface area contributed by atoms with Gasteiger partial charge in [0.2, 0.25) is 35.4 Å². The smallest absolute Gasteiger partial charge is 0.407 e. The van der Waals surface area contributed by atoms with Crippen molar-refractivity contribution in [1.82, 2.24) is 41.8 Å². The number of amides is 7. The van der Waals surface area contributed by atoms with Crippen LogP contribution in [-0.4, -0.2) is 114 Å². The molecule has 1 unspecified atom stereocenters. The third-order valence-corrected chi connectivity index (χ3v) is 13.7. The largest absolute Gasteiger partial charge is 0.489 e. The molecular weight excluding hydrogens is 981 g/mol. The Bertz CT molecular complexity index is 2960. The molecule has 19 nitrogen and oxygen atoms in total. The highest BCUT2D eigenvalue weighted by atomic mass is 16.6. The van der Waals surface area contributed by atoms with Crippen molar-refractivity contribution in [2.75, 3.05) is 26.2 Å². The van der Waals surface area contributed by atoms with Gasteiger partial charge in [-0.05, 0) is 71.8 Å². The van der Waals surface area contributed by atoms with E-state index < -0.39 is 83.9 Å². The average molecular weight is 1050 g/mol.